The number of fused-ring (bicyclic) bond motifs is 1. The van der Waals surface area contributed by atoms with Gasteiger partial charge in [-0.2, -0.15) is 5.10 Å². The zero-order chi connectivity index (χ0) is 9.42. The Labute approximate surface area is 98.5 Å². The van der Waals surface area contributed by atoms with Crippen LogP contribution in [-0.4, -0.2) is 9.55 Å². The van der Waals surface area contributed by atoms with Crippen molar-refractivity contribution in [2.75, 3.05) is 5.73 Å². The first-order valence-electron chi connectivity index (χ1n) is 3.52. The molecule has 0 aliphatic carbocycles. The van der Waals surface area contributed by atoms with E-state index >= 15 is 0 Å². The topological polar surface area (TPSA) is 43.8 Å². The smallest absolute Gasteiger partial charge is 0.0750 e. The number of nitrogens with two attached hydrogens (primary N) is 1. The Bertz CT molecular complexity index is 456. The van der Waals surface area contributed by atoms with Gasteiger partial charge < -0.3 is 5.73 Å². The molecular formula is C7H6BrIN3P. The highest BCUT2D eigenvalue weighted by Gasteiger charge is 2.04. The van der Waals surface area contributed by atoms with Crippen molar-refractivity contribution < 1.29 is 0 Å². The van der Waals surface area contributed by atoms with Crippen LogP contribution in [0.2, 0.25) is 0 Å². The van der Waals surface area contributed by atoms with Gasteiger partial charge in [0.25, 0.3) is 0 Å². The summed E-state index contributed by atoms with van der Waals surface area (Å²) >= 11 is 5.68. The average molecular weight is 370 g/mol. The molecule has 1 atom stereocenters. The summed E-state index contributed by atoms with van der Waals surface area (Å²) in [6, 6.07) is 3.93. The van der Waals surface area contributed by atoms with Gasteiger partial charge in [0, 0.05) is 15.5 Å². The van der Waals surface area contributed by atoms with Crippen LogP contribution in [0.4, 0.5) is 5.69 Å². The lowest BCUT2D eigenvalue weighted by Crippen LogP contribution is -1.88. The van der Waals surface area contributed by atoms with E-state index in [1.807, 2.05) is 22.8 Å². The standard InChI is InChI=1S/C7H6BrIN3P/c8-5-1-4-3-11-12(13-9)7(4)2-6(5)10/h1-3,13H,10H2. The van der Waals surface area contributed by atoms with Crippen LogP contribution in [0.1, 0.15) is 0 Å². The molecule has 1 aromatic heterocycles. The molecule has 0 amide bonds. The first kappa shape index (κ1) is 9.68. The van der Waals surface area contributed by atoms with E-state index in [-0.39, 0.29) is 0 Å². The van der Waals surface area contributed by atoms with Gasteiger partial charge in [-0.15, -0.1) is 0 Å². The lowest BCUT2D eigenvalue weighted by molar-refractivity contribution is 1.04. The minimum Gasteiger partial charge on any atom is -0.398 e. The van der Waals surface area contributed by atoms with Crippen LogP contribution < -0.4 is 5.73 Å². The van der Waals surface area contributed by atoms with Crippen molar-refractivity contribution in [1.29, 1.82) is 0 Å². The number of aromatic nitrogens is 2. The summed E-state index contributed by atoms with van der Waals surface area (Å²) in [7, 11) is 0. The Balaban J connectivity index is 2.77. The fourth-order valence-electron chi connectivity index (χ4n) is 1.13. The number of benzene rings is 1. The molecule has 0 radical (unpaired) electrons. The van der Waals surface area contributed by atoms with Crippen LogP contribution in [0.25, 0.3) is 10.9 Å². The maximum absolute atomic E-state index is 5.78. The molecule has 0 aliphatic heterocycles. The summed E-state index contributed by atoms with van der Waals surface area (Å²) in [5.74, 6) is 0. The van der Waals surface area contributed by atoms with Crippen molar-refractivity contribution >= 4 is 60.9 Å². The molecular weight excluding hydrogens is 364 g/mol. The molecule has 6 heteroatoms. The Morgan fingerprint density at radius 1 is 1.54 bits per heavy atom. The van der Waals surface area contributed by atoms with E-state index in [0.717, 1.165) is 21.1 Å². The van der Waals surface area contributed by atoms with Crippen molar-refractivity contribution in [2.24, 2.45) is 0 Å². The molecule has 0 aliphatic rings. The average Bonchev–Trinajstić information content (AvgIpc) is 2.48. The second-order valence-electron chi connectivity index (χ2n) is 2.57. The van der Waals surface area contributed by atoms with Crippen LogP contribution >= 0.6 is 44.3 Å². The summed E-state index contributed by atoms with van der Waals surface area (Å²) in [6.07, 6.45) is 2.46. The summed E-state index contributed by atoms with van der Waals surface area (Å²) in [5.41, 5.74) is 7.63. The van der Waals surface area contributed by atoms with E-state index in [4.69, 9.17) is 5.73 Å². The number of nitrogen functional groups attached to an aromatic ring is 1. The minimum absolute atomic E-state index is 0.606. The third kappa shape index (κ3) is 1.69. The molecule has 0 bridgehead atoms. The van der Waals surface area contributed by atoms with Gasteiger partial charge in [0.1, 0.15) is 0 Å². The van der Waals surface area contributed by atoms with E-state index < -0.39 is 0 Å². The number of halogens is 2. The lowest BCUT2D eigenvalue weighted by atomic mass is 10.2. The number of nitrogens with zero attached hydrogens (tertiary/aromatic N) is 2. The van der Waals surface area contributed by atoms with Crippen molar-refractivity contribution in [3.63, 3.8) is 0 Å². The van der Waals surface area contributed by atoms with E-state index in [9.17, 15) is 0 Å². The molecule has 0 saturated carbocycles. The Kier molecular flexibility index (Phi) is 2.76. The van der Waals surface area contributed by atoms with Gasteiger partial charge in [-0.25, -0.2) is 4.45 Å². The monoisotopic (exact) mass is 369 g/mol. The molecule has 2 aromatic rings. The van der Waals surface area contributed by atoms with Crippen molar-refractivity contribution in [1.82, 2.24) is 9.55 Å². The molecule has 1 aromatic carbocycles. The summed E-state index contributed by atoms with van der Waals surface area (Å²) in [4.78, 5) is 0. The third-order valence-electron chi connectivity index (χ3n) is 1.77. The fraction of sp³-hybridized carbons (Fsp3) is 0. The Morgan fingerprint density at radius 2 is 2.31 bits per heavy atom. The lowest BCUT2D eigenvalue weighted by Gasteiger charge is -2.00. The van der Waals surface area contributed by atoms with Crippen LogP contribution in [0.15, 0.2) is 22.8 Å². The number of hydrogen-bond acceptors (Lipinski definition) is 2. The predicted molar refractivity (Wildman–Crippen MR) is 69.6 cm³/mol. The van der Waals surface area contributed by atoms with E-state index in [2.05, 4.69) is 43.1 Å². The van der Waals surface area contributed by atoms with Crippen LogP contribution in [0.5, 0.6) is 0 Å². The highest BCUT2D eigenvalue weighted by atomic mass is 127. The minimum atomic E-state index is 0.606. The maximum Gasteiger partial charge on any atom is 0.0750 e. The van der Waals surface area contributed by atoms with Gasteiger partial charge in [0.2, 0.25) is 0 Å². The SMILES string of the molecule is Nc1cc2c(cnn2PI)cc1Br. The molecule has 2 rings (SSSR count). The third-order valence-corrected chi connectivity index (χ3v) is 4.34. The molecule has 0 saturated heterocycles. The zero-order valence-electron chi connectivity index (χ0n) is 6.46. The van der Waals surface area contributed by atoms with Crippen LogP contribution in [-0.2, 0) is 0 Å². The quantitative estimate of drug-likeness (QED) is 0.476. The molecule has 1 heterocycles. The van der Waals surface area contributed by atoms with Gasteiger partial charge >= 0.3 is 0 Å². The van der Waals surface area contributed by atoms with Gasteiger partial charge in [-0.3, -0.25) is 0 Å². The summed E-state index contributed by atoms with van der Waals surface area (Å²) < 4.78 is 2.87. The largest absolute Gasteiger partial charge is 0.398 e. The van der Waals surface area contributed by atoms with Gasteiger partial charge in [0.05, 0.1) is 18.1 Å². The molecule has 0 fully saturated rings. The number of anilines is 1. The predicted octanol–water partition coefficient (Wildman–Crippen LogP) is 3.17. The molecule has 0 spiro atoms. The highest BCUT2D eigenvalue weighted by molar-refractivity contribution is 14.2. The summed E-state index contributed by atoms with van der Waals surface area (Å²) in [5, 5.41) is 5.36. The fourth-order valence-corrected chi connectivity index (χ4v) is 3.03. The van der Waals surface area contributed by atoms with E-state index in [1.54, 1.807) is 0 Å². The summed E-state index contributed by atoms with van der Waals surface area (Å²) in [6.45, 7) is 0. The van der Waals surface area contributed by atoms with Gasteiger partial charge in [0.15, 0.2) is 0 Å². The van der Waals surface area contributed by atoms with Gasteiger partial charge in [-0.1, -0.05) is 0 Å². The van der Waals surface area contributed by atoms with Crippen molar-refractivity contribution in [3.05, 3.63) is 22.8 Å². The van der Waals surface area contributed by atoms with Crippen molar-refractivity contribution in [2.45, 2.75) is 0 Å². The van der Waals surface area contributed by atoms with Crippen molar-refractivity contribution in [3.8, 4) is 0 Å². The second-order valence-corrected chi connectivity index (χ2v) is 5.47. The second kappa shape index (κ2) is 3.71. The molecule has 3 nitrogen and oxygen atoms in total. The molecule has 2 N–H and O–H groups in total. The van der Waals surface area contributed by atoms with Crippen LogP contribution in [0, 0.1) is 0 Å². The number of hydrogen-bond donors (Lipinski definition) is 1. The number of rotatable bonds is 1. The normalized spacial score (nSPS) is 11.8. The maximum atomic E-state index is 5.78. The zero-order valence-corrected chi connectivity index (χ0v) is 11.2. The molecule has 68 valence electrons. The van der Waals surface area contributed by atoms with E-state index in [0.29, 0.717) is 6.37 Å². The first-order chi connectivity index (χ1) is 6.22. The highest BCUT2D eigenvalue weighted by Crippen LogP contribution is 2.32. The Hall–Kier alpha value is 0.130. The van der Waals surface area contributed by atoms with Crippen LogP contribution in [0.3, 0.4) is 0 Å². The van der Waals surface area contributed by atoms with Gasteiger partial charge in [-0.05, 0) is 50.1 Å². The molecule has 1 unspecified atom stereocenters. The van der Waals surface area contributed by atoms with E-state index in [1.165, 1.54) is 0 Å². The first-order valence-corrected chi connectivity index (χ1v) is 8.37. The molecule has 13 heavy (non-hydrogen) atoms. The Morgan fingerprint density at radius 3 is 3.00 bits per heavy atom.